The van der Waals surface area contributed by atoms with Gasteiger partial charge in [-0.25, -0.2) is 0 Å². The molecule has 0 atom stereocenters. The van der Waals surface area contributed by atoms with E-state index in [0.29, 0.717) is 0 Å². The zero-order valence-electron chi connectivity index (χ0n) is 8.92. The summed E-state index contributed by atoms with van der Waals surface area (Å²) in [7, 11) is 0. The number of amides is 1. The summed E-state index contributed by atoms with van der Waals surface area (Å²) in [6.45, 7) is 3.86. The second kappa shape index (κ2) is 4.52. The molecule has 1 aromatic carbocycles. The molecule has 0 saturated carbocycles. The summed E-state index contributed by atoms with van der Waals surface area (Å²) in [5.74, 6) is 5.18. The Bertz CT molecular complexity index is 429. The maximum absolute atomic E-state index is 10.5. The van der Waals surface area contributed by atoms with Gasteiger partial charge in [-0.15, -0.1) is 0 Å². The van der Waals surface area contributed by atoms with Crippen LogP contribution in [-0.2, 0) is 4.79 Å². The maximum Gasteiger partial charge on any atom is 0.229 e. The molecule has 0 aliphatic carbocycles. The van der Waals surface area contributed by atoms with Gasteiger partial charge in [0.05, 0.1) is 6.42 Å². The summed E-state index contributed by atoms with van der Waals surface area (Å²) < 4.78 is 0. The first kappa shape index (κ1) is 11.1. The Balaban J connectivity index is 2.95. The number of carbonyl (C=O) groups excluding carboxylic acids is 1. The standard InChI is InChI=1S/C12H14N2O/c1-8-6-10(4-3-5-11(13)15)7-9(2)12(8)14/h6-7H,5,14H2,1-2H3,(H2,13,15). The highest BCUT2D eigenvalue weighted by molar-refractivity contribution is 5.76. The third-order valence-corrected chi connectivity index (χ3v) is 2.09. The van der Waals surface area contributed by atoms with Gasteiger partial charge in [-0.3, -0.25) is 4.79 Å². The minimum atomic E-state index is -0.411. The summed E-state index contributed by atoms with van der Waals surface area (Å²) in [6.07, 6.45) is 0.0858. The zero-order chi connectivity index (χ0) is 11.4. The number of nitrogen functional groups attached to an aromatic ring is 1. The molecule has 0 aliphatic heterocycles. The lowest BCUT2D eigenvalue weighted by Gasteiger charge is -2.04. The number of nitrogens with two attached hydrogens (primary N) is 2. The molecule has 0 spiro atoms. The van der Waals surface area contributed by atoms with Crippen molar-refractivity contribution in [1.29, 1.82) is 0 Å². The second-order valence-corrected chi connectivity index (χ2v) is 3.47. The van der Waals surface area contributed by atoms with E-state index >= 15 is 0 Å². The van der Waals surface area contributed by atoms with Crippen molar-refractivity contribution in [3.05, 3.63) is 28.8 Å². The van der Waals surface area contributed by atoms with Gasteiger partial charge < -0.3 is 11.5 Å². The van der Waals surface area contributed by atoms with Crippen LogP contribution < -0.4 is 11.5 Å². The van der Waals surface area contributed by atoms with Crippen molar-refractivity contribution in [2.75, 3.05) is 5.73 Å². The average molecular weight is 202 g/mol. The van der Waals surface area contributed by atoms with E-state index in [-0.39, 0.29) is 6.42 Å². The van der Waals surface area contributed by atoms with Crippen LogP contribution in [0.15, 0.2) is 12.1 Å². The molecule has 15 heavy (non-hydrogen) atoms. The van der Waals surface area contributed by atoms with Gasteiger partial charge in [-0.05, 0) is 37.1 Å². The Labute approximate surface area is 89.5 Å². The molecule has 1 amide bonds. The van der Waals surface area contributed by atoms with Gasteiger partial charge in [0.15, 0.2) is 0 Å². The van der Waals surface area contributed by atoms with E-state index in [1.54, 1.807) is 0 Å². The molecular formula is C12H14N2O. The molecule has 0 unspecified atom stereocenters. The molecule has 0 fully saturated rings. The number of primary amides is 1. The van der Waals surface area contributed by atoms with Gasteiger partial charge in [0.25, 0.3) is 0 Å². The van der Waals surface area contributed by atoms with Gasteiger partial charge in [0, 0.05) is 11.3 Å². The second-order valence-electron chi connectivity index (χ2n) is 3.47. The SMILES string of the molecule is Cc1cc(C#CCC(N)=O)cc(C)c1N. The van der Waals surface area contributed by atoms with Gasteiger partial charge >= 0.3 is 0 Å². The Morgan fingerprint density at radius 2 is 1.87 bits per heavy atom. The highest BCUT2D eigenvalue weighted by atomic mass is 16.1. The minimum Gasteiger partial charge on any atom is -0.398 e. The molecule has 1 rings (SSSR count). The van der Waals surface area contributed by atoms with Crippen LogP contribution in [-0.4, -0.2) is 5.91 Å². The lowest BCUT2D eigenvalue weighted by atomic mass is 10.0. The molecule has 0 aliphatic rings. The lowest BCUT2D eigenvalue weighted by Crippen LogP contribution is -2.08. The van der Waals surface area contributed by atoms with Crippen LogP contribution in [0.2, 0.25) is 0 Å². The summed E-state index contributed by atoms with van der Waals surface area (Å²) in [6, 6.07) is 3.80. The van der Waals surface area contributed by atoms with E-state index in [2.05, 4.69) is 11.8 Å². The van der Waals surface area contributed by atoms with E-state index in [1.807, 2.05) is 26.0 Å². The third-order valence-electron chi connectivity index (χ3n) is 2.09. The number of anilines is 1. The summed E-state index contributed by atoms with van der Waals surface area (Å²) in [5.41, 5.74) is 14.4. The average Bonchev–Trinajstić information content (AvgIpc) is 2.13. The number of benzene rings is 1. The van der Waals surface area contributed by atoms with Gasteiger partial charge in [0.2, 0.25) is 5.91 Å². The van der Waals surface area contributed by atoms with Crippen LogP contribution in [0.3, 0.4) is 0 Å². The van der Waals surface area contributed by atoms with Crippen molar-refractivity contribution in [2.24, 2.45) is 5.73 Å². The van der Waals surface area contributed by atoms with E-state index in [1.165, 1.54) is 0 Å². The Morgan fingerprint density at radius 3 is 2.33 bits per heavy atom. The fourth-order valence-corrected chi connectivity index (χ4v) is 1.28. The van der Waals surface area contributed by atoms with Crippen LogP contribution >= 0.6 is 0 Å². The molecule has 3 heteroatoms. The van der Waals surface area contributed by atoms with Crippen LogP contribution in [0.1, 0.15) is 23.1 Å². The summed E-state index contributed by atoms with van der Waals surface area (Å²) in [5, 5.41) is 0. The van der Waals surface area contributed by atoms with Crippen molar-refractivity contribution in [3.63, 3.8) is 0 Å². The number of aryl methyl sites for hydroxylation is 2. The Morgan fingerprint density at radius 1 is 1.33 bits per heavy atom. The number of hydrogen-bond donors (Lipinski definition) is 2. The molecule has 4 N–H and O–H groups in total. The molecule has 78 valence electrons. The highest BCUT2D eigenvalue weighted by Crippen LogP contribution is 2.17. The monoisotopic (exact) mass is 202 g/mol. The minimum absolute atomic E-state index is 0.0858. The summed E-state index contributed by atoms with van der Waals surface area (Å²) in [4.78, 5) is 10.5. The largest absolute Gasteiger partial charge is 0.398 e. The molecule has 0 radical (unpaired) electrons. The predicted molar refractivity (Wildman–Crippen MR) is 61.0 cm³/mol. The quantitative estimate of drug-likeness (QED) is 0.529. The smallest absolute Gasteiger partial charge is 0.229 e. The predicted octanol–water partition coefficient (Wildman–Crippen LogP) is 1.11. The number of hydrogen-bond acceptors (Lipinski definition) is 2. The van der Waals surface area contributed by atoms with Crippen molar-refractivity contribution in [1.82, 2.24) is 0 Å². The highest BCUT2D eigenvalue weighted by Gasteiger charge is 1.99. The molecule has 0 heterocycles. The van der Waals surface area contributed by atoms with Gasteiger partial charge in [-0.1, -0.05) is 11.8 Å². The van der Waals surface area contributed by atoms with E-state index < -0.39 is 5.91 Å². The van der Waals surface area contributed by atoms with E-state index in [4.69, 9.17) is 11.5 Å². The van der Waals surface area contributed by atoms with Crippen molar-refractivity contribution in [3.8, 4) is 11.8 Å². The molecule has 0 bridgehead atoms. The Kier molecular flexibility index (Phi) is 3.35. The third kappa shape index (κ3) is 3.03. The zero-order valence-corrected chi connectivity index (χ0v) is 8.92. The molecule has 3 nitrogen and oxygen atoms in total. The molecular weight excluding hydrogens is 188 g/mol. The maximum atomic E-state index is 10.5. The van der Waals surface area contributed by atoms with E-state index in [0.717, 1.165) is 22.4 Å². The lowest BCUT2D eigenvalue weighted by molar-refractivity contribution is -0.117. The first-order chi connectivity index (χ1) is 7.00. The fourth-order valence-electron chi connectivity index (χ4n) is 1.28. The normalized spacial score (nSPS) is 9.20. The number of carbonyl (C=O) groups is 1. The molecule has 1 aromatic rings. The van der Waals surface area contributed by atoms with Crippen LogP contribution in [0.4, 0.5) is 5.69 Å². The molecule has 0 aromatic heterocycles. The first-order valence-electron chi connectivity index (χ1n) is 4.64. The molecule has 0 saturated heterocycles. The van der Waals surface area contributed by atoms with Crippen molar-refractivity contribution in [2.45, 2.75) is 20.3 Å². The first-order valence-corrected chi connectivity index (χ1v) is 4.64. The Hall–Kier alpha value is -1.95. The van der Waals surface area contributed by atoms with Crippen LogP contribution in [0.25, 0.3) is 0 Å². The van der Waals surface area contributed by atoms with E-state index in [9.17, 15) is 4.79 Å². The summed E-state index contributed by atoms with van der Waals surface area (Å²) >= 11 is 0. The topological polar surface area (TPSA) is 69.1 Å². The fraction of sp³-hybridized carbons (Fsp3) is 0.250. The van der Waals surface area contributed by atoms with Crippen molar-refractivity contribution < 1.29 is 4.79 Å². The van der Waals surface area contributed by atoms with Gasteiger partial charge in [0.1, 0.15) is 0 Å². The number of rotatable bonds is 1. The van der Waals surface area contributed by atoms with Crippen LogP contribution in [0, 0.1) is 25.7 Å². The van der Waals surface area contributed by atoms with Crippen LogP contribution in [0.5, 0.6) is 0 Å². The van der Waals surface area contributed by atoms with Gasteiger partial charge in [-0.2, -0.15) is 0 Å². The van der Waals surface area contributed by atoms with Crippen molar-refractivity contribution >= 4 is 11.6 Å².